The van der Waals surface area contributed by atoms with E-state index in [1.54, 1.807) is 48.5 Å². The normalized spacial score (nSPS) is 11.2. The van der Waals surface area contributed by atoms with E-state index < -0.39 is 10.0 Å². The van der Waals surface area contributed by atoms with E-state index in [0.717, 1.165) is 15.8 Å². The zero-order valence-electron chi connectivity index (χ0n) is 22.0. The van der Waals surface area contributed by atoms with Crippen LogP contribution in [-0.4, -0.2) is 35.6 Å². The number of benzene rings is 4. The van der Waals surface area contributed by atoms with Gasteiger partial charge in [0.05, 0.1) is 29.7 Å². The van der Waals surface area contributed by atoms with Gasteiger partial charge in [-0.1, -0.05) is 18.2 Å². The monoisotopic (exact) mass is 574 g/mol. The Kier molecular flexibility index (Phi) is 7.63. The van der Waals surface area contributed by atoms with E-state index in [2.05, 4.69) is 5.32 Å². The molecule has 0 unspecified atom stereocenters. The molecule has 0 fully saturated rings. The number of hydrogen-bond acceptors (Lipinski definition) is 7. The summed E-state index contributed by atoms with van der Waals surface area (Å²) in [5.74, 6) is 1.88. The fourth-order valence-corrected chi connectivity index (χ4v) is 6.18. The zero-order chi connectivity index (χ0) is 28.3. The summed E-state index contributed by atoms with van der Waals surface area (Å²) in [4.78, 5) is 13.5. The average molecular weight is 575 g/mol. The fourth-order valence-electron chi connectivity index (χ4n) is 4.04. The van der Waals surface area contributed by atoms with E-state index in [0.29, 0.717) is 33.5 Å². The minimum atomic E-state index is -3.88. The molecule has 0 aliphatic rings. The lowest BCUT2D eigenvalue weighted by molar-refractivity contribution is 0.103. The van der Waals surface area contributed by atoms with Crippen molar-refractivity contribution in [3.63, 3.8) is 0 Å². The van der Waals surface area contributed by atoms with Crippen LogP contribution in [0.25, 0.3) is 10.1 Å². The molecule has 204 valence electrons. The molecule has 1 aromatic heterocycles. The molecule has 5 rings (SSSR count). The van der Waals surface area contributed by atoms with E-state index in [9.17, 15) is 13.2 Å². The number of carbonyl (C=O) groups excluding carboxylic acids is 1. The van der Waals surface area contributed by atoms with E-state index in [-0.39, 0.29) is 10.8 Å². The van der Waals surface area contributed by atoms with Crippen LogP contribution in [0.3, 0.4) is 0 Å². The van der Waals surface area contributed by atoms with Crippen LogP contribution in [0.5, 0.6) is 23.0 Å². The van der Waals surface area contributed by atoms with Crippen molar-refractivity contribution in [3.8, 4) is 23.0 Å². The van der Waals surface area contributed by atoms with Gasteiger partial charge >= 0.3 is 0 Å². The molecular formula is C30H26N2O6S2. The van der Waals surface area contributed by atoms with E-state index in [4.69, 9.17) is 14.2 Å². The third kappa shape index (κ3) is 5.58. The summed E-state index contributed by atoms with van der Waals surface area (Å²) in [6.07, 6.45) is 0. The summed E-state index contributed by atoms with van der Waals surface area (Å²) in [6.45, 7) is 0. The Balaban J connectivity index is 1.32. The number of carbonyl (C=O) groups is 1. The molecule has 0 saturated carbocycles. The van der Waals surface area contributed by atoms with Gasteiger partial charge in [-0.3, -0.25) is 9.10 Å². The van der Waals surface area contributed by atoms with Gasteiger partial charge in [0.25, 0.3) is 15.9 Å². The number of ether oxygens (including phenoxy) is 3. The second-order valence-electron chi connectivity index (χ2n) is 8.72. The van der Waals surface area contributed by atoms with Crippen LogP contribution in [0, 0.1) is 0 Å². The van der Waals surface area contributed by atoms with Gasteiger partial charge in [-0.05, 0) is 78.2 Å². The van der Waals surface area contributed by atoms with Gasteiger partial charge in [0.1, 0.15) is 11.5 Å². The molecule has 0 spiro atoms. The van der Waals surface area contributed by atoms with Gasteiger partial charge in [-0.2, -0.15) is 0 Å². The van der Waals surface area contributed by atoms with Crippen molar-refractivity contribution in [3.05, 3.63) is 102 Å². The Morgan fingerprint density at radius 3 is 2.20 bits per heavy atom. The van der Waals surface area contributed by atoms with Gasteiger partial charge < -0.3 is 19.5 Å². The molecule has 40 heavy (non-hydrogen) atoms. The Bertz CT molecular complexity index is 1770. The lowest BCUT2D eigenvalue weighted by Crippen LogP contribution is -2.26. The van der Waals surface area contributed by atoms with Gasteiger partial charge in [-0.25, -0.2) is 8.42 Å². The van der Waals surface area contributed by atoms with Crippen LogP contribution in [0.2, 0.25) is 0 Å². The number of nitrogens with zero attached hydrogens (tertiary/aromatic N) is 1. The molecule has 0 aliphatic heterocycles. The molecule has 4 aromatic carbocycles. The molecule has 0 aliphatic carbocycles. The smallest absolute Gasteiger partial charge is 0.265 e. The molecule has 8 nitrogen and oxygen atoms in total. The standard InChI is InChI=1S/C30H26N2O6S2/c1-32(40(34,35)25-14-15-26(36-2)27(19-25)37-3)22-11-16-28-20(17-22)18-29(39-28)30(33)31-21-9-12-24(13-10-21)38-23-7-5-4-6-8-23/h4-19H,1-3H3,(H,31,33). The predicted octanol–water partition coefficient (Wildman–Crippen LogP) is 6.79. The summed E-state index contributed by atoms with van der Waals surface area (Å²) in [5.41, 5.74) is 1.09. The lowest BCUT2D eigenvalue weighted by Gasteiger charge is -2.20. The summed E-state index contributed by atoms with van der Waals surface area (Å²) in [6, 6.07) is 28.0. The maximum atomic E-state index is 13.3. The van der Waals surface area contributed by atoms with Crippen LogP contribution in [0.15, 0.2) is 102 Å². The lowest BCUT2D eigenvalue weighted by atomic mass is 10.2. The van der Waals surface area contributed by atoms with E-state index in [1.165, 1.54) is 49.0 Å². The molecule has 1 N–H and O–H groups in total. The van der Waals surface area contributed by atoms with Gasteiger partial charge in [0.2, 0.25) is 0 Å². The molecule has 1 amide bonds. The van der Waals surface area contributed by atoms with Crippen molar-refractivity contribution >= 4 is 48.7 Å². The Morgan fingerprint density at radius 2 is 1.50 bits per heavy atom. The number of sulfonamides is 1. The van der Waals surface area contributed by atoms with Gasteiger partial charge in [0.15, 0.2) is 11.5 Å². The summed E-state index contributed by atoms with van der Waals surface area (Å²) in [7, 11) is 0.541. The van der Waals surface area contributed by atoms with Crippen molar-refractivity contribution < 1.29 is 27.4 Å². The van der Waals surface area contributed by atoms with Crippen molar-refractivity contribution in [1.29, 1.82) is 0 Å². The maximum absolute atomic E-state index is 13.3. The molecule has 0 radical (unpaired) electrons. The second kappa shape index (κ2) is 11.3. The summed E-state index contributed by atoms with van der Waals surface area (Å²) in [5, 5.41) is 3.66. The Hall–Kier alpha value is -4.54. The fraction of sp³-hybridized carbons (Fsp3) is 0.100. The summed E-state index contributed by atoms with van der Waals surface area (Å²) >= 11 is 1.33. The number of fused-ring (bicyclic) bond motifs is 1. The highest BCUT2D eigenvalue weighted by Crippen LogP contribution is 2.34. The van der Waals surface area contributed by atoms with Crippen LogP contribution in [0.4, 0.5) is 11.4 Å². The first-order chi connectivity index (χ1) is 19.3. The molecule has 10 heteroatoms. The van der Waals surface area contributed by atoms with Crippen LogP contribution in [-0.2, 0) is 10.0 Å². The number of thiophene rings is 1. The highest BCUT2D eigenvalue weighted by molar-refractivity contribution is 7.92. The Labute approximate surface area is 236 Å². The first-order valence-electron chi connectivity index (χ1n) is 12.2. The largest absolute Gasteiger partial charge is 0.493 e. The van der Waals surface area contributed by atoms with Crippen LogP contribution >= 0.6 is 11.3 Å². The van der Waals surface area contributed by atoms with Gasteiger partial charge in [0, 0.05) is 23.5 Å². The van der Waals surface area contributed by atoms with E-state index in [1.807, 2.05) is 36.4 Å². The first kappa shape index (κ1) is 27.0. The topological polar surface area (TPSA) is 94.2 Å². The minimum absolute atomic E-state index is 0.0679. The molecule has 5 aromatic rings. The number of hydrogen-bond donors (Lipinski definition) is 1. The number of para-hydroxylation sites is 1. The molecule has 0 bridgehead atoms. The van der Waals surface area contributed by atoms with Crippen LogP contribution in [0.1, 0.15) is 9.67 Å². The molecular weight excluding hydrogens is 548 g/mol. The quantitative estimate of drug-likeness (QED) is 0.208. The molecule has 0 atom stereocenters. The number of anilines is 2. The third-order valence-electron chi connectivity index (χ3n) is 6.19. The second-order valence-corrected chi connectivity index (χ2v) is 11.8. The average Bonchev–Trinajstić information content (AvgIpc) is 3.41. The number of rotatable bonds is 9. The number of nitrogens with one attached hydrogen (secondary N) is 1. The predicted molar refractivity (Wildman–Crippen MR) is 158 cm³/mol. The van der Waals surface area contributed by atoms with Crippen LogP contribution < -0.4 is 23.8 Å². The SMILES string of the molecule is COc1ccc(S(=O)(=O)N(C)c2ccc3sc(C(=O)Nc4ccc(Oc5ccccc5)cc4)cc3c2)cc1OC. The number of amides is 1. The summed E-state index contributed by atoms with van der Waals surface area (Å²) < 4.78 is 45.0. The van der Waals surface area contributed by atoms with Crippen molar-refractivity contribution in [2.24, 2.45) is 0 Å². The van der Waals surface area contributed by atoms with Crippen molar-refractivity contribution in [1.82, 2.24) is 0 Å². The first-order valence-corrected chi connectivity index (χ1v) is 14.4. The van der Waals surface area contributed by atoms with Crippen molar-refractivity contribution in [2.75, 3.05) is 30.9 Å². The third-order valence-corrected chi connectivity index (χ3v) is 9.09. The van der Waals surface area contributed by atoms with Crippen molar-refractivity contribution in [2.45, 2.75) is 4.90 Å². The van der Waals surface area contributed by atoms with E-state index >= 15 is 0 Å². The highest BCUT2D eigenvalue weighted by atomic mass is 32.2. The highest BCUT2D eigenvalue weighted by Gasteiger charge is 2.24. The maximum Gasteiger partial charge on any atom is 0.265 e. The minimum Gasteiger partial charge on any atom is -0.493 e. The number of methoxy groups -OCH3 is 2. The van der Waals surface area contributed by atoms with Gasteiger partial charge in [-0.15, -0.1) is 11.3 Å². The zero-order valence-corrected chi connectivity index (χ0v) is 23.6. The Morgan fingerprint density at radius 1 is 0.800 bits per heavy atom. The molecule has 0 saturated heterocycles. The molecule has 1 heterocycles.